The lowest BCUT2D eigenvalue weighted by Gasteiger charge is -2.26. The molecule has 0 bridgehead atoms. The van der Waals surface area contributed by atoms with Crippen LogP contribution in [0.5, 0.6) is 5.75 Å². The first-order valence-corrected chi connectivity index (χ1v) is 12.8. The highest BCUT2D eigenvalue weighted by Crippen LogP contribution is 2.35. The van der Waals surface area contributed by atoms with Crippen LogP contribution in [0.2, 0.25) is 0 Å². The van der Waals surface area contributed by atoms with Gasteiger partial charge in [0.05, 0.1) is 11.7 Å². The van der Waals surface area contributed by atoms with Gasteiger partial charge in [-0.3, -0.25) is 0 Å². The van der Waals surface area contributed by atoms with E-state index in [1.807, 2.05) is 30.3 Å². The lowest BCUT2D eigenvalue weighted by Crippen LogP contribution is -2.31. The summed E-state index contributed by atoms with van der Waals surface area (Å²) in [5, 5.41) is 12.8. The van der Waals surface area contributed by atoms with E-state index in [2.05, 4.69) is 36.4 Å². The zero-order valence-corrected chi connectivity index (χ0v) is 21.1. The second kappa shape index (κ2) is 10.9. The van der Waals surface area contributed by atoms with Gasteiger partial charge in [0.1, 0.15) is 11.9 Å². The molecule has 4 aromatic rings. The number of fused-ring (bicyclic) bond motifs is 1. The molecule has 0 fully saturated rings. The number of allylic oxidation sites excluding steroid dienone is 2. The van der Waals surface area contributed by atoms with E-state index in [0.717, 1.165) is 46.4 Å². The van der Waals surface area contributed by atoms with Crippen molar-refractivity contribution in [2.45, 2.75) is 44.6 Å². The topological polar surface area (TPSA) is 29.5 Å². The lowest BCUT2D eigenvalue weighted by molar-refractivity contribution is -0.137. The fraction of sp³-hybridized carbons (Fsp3) is 0.212. The number of hydrogen-bond acceptors (Lipinski definition) is 2. The first kappa shape index (κ1) is 25.8. The Hall–Kier alpha value is -3.83. The number of hydrogen-bond donors (Lipinski definition) is 1. The number of benzene rings is 4. The van der Waals surface area contributed by atoms with E-state index in [9.17, 15) is 18.3 Å². The second-order valence-corrected chi connectivity index (χ2v) is 9.68. The van der Waals surface area contributed by atoms with Crippen molar-refractivity contribution < 1.29 is 23.0 Å². The Morgan fingerprint density at radius 3 is 2.37 bits per heavy atom. The molecule has 0 spiro atoms. The molecule has 2 nitrogen and oxygen atoms in total. The van der Waals surface area contributed by atoms with Gasteiger partial charge >= 0.3 is 6.18 Å². The molecular weight excluding hydrogens is 485 g/mol. The van der Waals surface area contributed by atoms with Crippen LogP contribution in [0.1, 0.15) is 36.5 Å². The third-order valence-corrected chi connectivity index (χ3v) is 6.89. The number of rotatable bonds is 7. The summed E-state index contributed by atoms with van der Waals surface area (Å²) in [6.45, 7) is 1.70. The molecule has 194 valence electrons. The number of halogens is 3. The molecule has 5 heteroatoms. The van der Waals surface area contributed by atoms with E-state index in [1.165, 1.54) is 12.1 Å². The van der Waals surface area contributed by atoms with E-state index in [-0.39, 0.29) is 0 Å². The highest BCUT2D eigenvalue weighted by atomic mass is 19.4. The SMILES string of the molecule is CC(O)C(Oc1ccc(-c2cccc(C(F)(F)F)c2)cc1Cc1cccc2ccccc12)C1=CCCC=C1. The molecule has 5 rings (SSSR count). The van der Waals surface area contributed by atoms with Crippen molar-refractivity contribution in [1.82, 2.24) is 0 Å². The Morgan fingerprint density at radius 2 is 1.61 bits per heavy atom. The number of aliphatic hydroxyl groups is 1. The predicted octanol–water partition coefficient (Wildman–Crippen LogP) is 8.52. The third-order valence-electron chi connectivity index (χ3n) is 6.89. The minimum absolute atomic E-state index is 0.482. The van der Waals surface area contributed by atoms with Gasteiger partial charge in [-0.2, -0.15) is 13.2 Å². The Kier molecular flexibility index (Phi) is 7.39. The zero-order valence-electron chi connectivity index (χ0n) is 21.1. The van der Waals surface area contributed by atoms with Crippen molar-refractivity contribution in [3.63, 3.8) is 0 Å². The number of aliphatic hydroxyl groups excluding tert-OH is 1. The van der Waals surface area contributed by atoms with Gasteiger partial charge in [0.2, 0.25) is 0 Å². The zero-order chi connectivity index (χ0) is 26.7. The molecule has 0 saturated carbocycles. The first-order valence-electron chi connectivity index (χ1n) is 12.8. The van der Waals surface area contributed by atoms with E-state index in [0.29, 0.717) is 23.3 Å². The molecule has 1 aliphatic carbocycles. The fourth-order valence-electron chi connectivity index (χ4n) is 4.97. The minimum atomic E-state index is -4.42. The van der Waals surface area contributed by atoms with Crippen molar-refractivity contribution in [3.05, 3.63) is 125 Å². The number of alkyl halides is 3. The van der Waals surface area contributed by atoms with Crippen LogP contribution in [-0.4, -0.2) is 17.3 Å². The molecule has 2 unspecified atom stereocenters. The van der Waals surface area contributed by atoms with E-state index < -0.39 is 23.9 Å². The van der Waals surface area contributed by atoms with Gasteiger partial charge in [-0.1, -0.05) is 78.9 Å². The van der Waals surface area contributed by atoms with Crippen molar-refractivity contribution in [3.8, 4) is 16.9 Å². The van der Waals surface area contributed by atoms with E-state index in [4.69, 9.17) is 4.74 Å². The quantitative estimate of drug-likeness (QED) is 0.268. The normalized spacial score (nSPS) is 15.2. The van der Waals surface area contributed by atoms with Crippen LogP contribution in [0.15, 0.2) is 109 Å². The van der Waals surface area contributed by atoms with Crippen LogP contribution in [0.25, 0.3) is 21.9 Å². The van der Waals surface area contributed by atoms with Crippen LogP contribution in [0, 0.1) is 0 Å². The molecule has 0 saturated heterocycles. The summed E-state index contributed by atoms with van der Waals surface area (Å²) in [5.41, 5.74) is 3.31. The molecule has 38 heavy (non-hydrogen) atoms. The number of ether oxygens (including phenoxy) is 1. The molecule has 0 radical (unpaired) electrons. The van der Waals surface area contributed by atoms with Gasteiger partial charge in [0.15, 0.2) is 0 Å². The summed E-state index contributed by atoms with van der Waals surface area (Å²) < 4.78 is 46.7. The van der Waals surface area contributed by atoms with Crippen molar-refractivity contribution in [1.29, 1.82) is 0 Å². The average molecular weight is 515 g/mol. The van der Waals surface area contributed by atoms with Gasteiger partial charge in [-0.05, 0) is 82.6 Å². The highest BCUT2D eigenvalue weighted by Gasteiger charge is 2.30. The van der Waals surface area contributed by atoms with Gasteiger partial charge in [-0.15, -0.1) is 0 Å². The van der Waals surface area contributed by atoms with E-state index >= 15 is 0 Å². The molecule has 0 aromatic heterocycles. The van der Waals surface area contributed by atoms with Gasteiger partial charge in [0.25, 0.3) is 0 Å². The summed E-state index contributed by atoms with van der Waals surface area (Å²) in [6.07, 6.45) is 2.77. The van der Waals surface area contributed by atoms with Crippen LogP contribution in [0.3, 0.4) is 0 Å². The standard InChI is InChI=1S/C33H29F3O2/c1-22(37)32(24-10-3-2-4-11-24)38-31-18-17-26(25-13-8-15-29(21-25)33(34,35)36)19-28(31)20-27-14-7-12-23-9-5-6-16-30(23)27/h3,5-19,21-22,32,37H,2,4,20H2,1H3. The summed E-state index contributed by atoms with van der Waals surface area (Å²) in [7, 11) is 0. The fourth-order valence-corrected chi connectivity index (χ4v) is 4.97. The van der Waals surface area contributed by atoms with Gasteiger partial charge < -0.3 is 9.84 Å². The maximum Gasteiger partial charge on any atom is 0.416 e. The average Bonchev–Trinajstić information content (AvgIpc) is 2.92. The summed E-state index contributed by atoms with van der Waals surface area (Å²) in [5.74, 6) is 0.597. The van der Waals surface area contributed by atoms with Crippen LogP contribution >= 0.6 is 0 Å². The lowest BCUT2D eigenvalue weighted by atomic mass is 9.94. The van der Waals surface area contributed by atoms with Crippen LogP contribution < -0.4 is 4.74 Å². The summed E-state index contributed by atoms with van der Waals surface area (Å²) in [4.78, 5) is 0. The maximum absolute atomic E-state index is 13.4. The Morgan fingerprint density at radius 1 is 0.842 bits per heavy atom. The Bertz CT molecular complexity index is 1490. The molecule has 1 aliphatic rings. The van der Waals surface area contributed by atoms with Crippen LogP contribution in [0.4, 0.5) is 13.2 Å². The monoisotopic (exact) mass is 514 g/mol. The second-order valence-electron chi connectivity index (χ2n) is 9.68. The highest BCUT2D eigenvalue weighted by molar-refractivity contribution is 5.86. The minimum Gasteiger partial charge on any atom is -0.483 e. The third kappa shape index (κ3) is 5.68. The Labute approximate surface area is 220 Å². The molecule has 1 N–H and O–H groups in total. The molecular formula is C33H29F3O2. The molecule has 0 amide bonds. The molecule has 0 heterocycles. The summed E-state index contributed by atoms with van der Waals surface area (Å²) >= 11 is 0. The predicted molar refractivity (Wildman–Crippen MR) is 146 cm³/mol. The molecule has 0 aliphatic heterocycles. The van der Waals surface area contributed by atoms with Crippen molar-refractivity contribution >= 4 is 10.8 Å². The molecule has 2 atom stereocenters. The van der Waals surface area contributed by atoms with Crippen molar-refractivity contribution in [2.24, 2.45) is 0 Å². The largest absolute Gasteiger partial charge is 0.483 e. The van der Waals surface area contributed by atoms with Gasteiger partial charge in [-0.25, -0.2) is 0 Å². The smallest absolute Gasteiger partial charge is 0.416 e. The first-order chi connectivity index (χ1) is 18.3. The maximum atomic E-state index is 13.4. The molecule has 4 aromatic carbocycles. The van der Waals surface area contributed by atoms with Gasteiger partial charge in [0, 0.05) is 6.42 Å². The van der Waals surface area contributed by atoms with Crippen LogP contribution in [-0.2, 0) is 12.6 Å². The summed E-state index contributed by atoms with van der Waals surface area (Å²) in [6, 6.07) is 25.1. The van der Waals surface area contributed by atoms with E-state index in [1.54, 1.807) is 25.1 Å². The van der Waals surface area contributed by atoms with Crippen molar-refractivity contribution in [2.75, 3.05) is 0 Å². The Balaban J connectivity index is 1.59.